The maximum Gasteiger partial charge on any atom is 0.174 e. The first-order chi connectivity index (χ1) is 3.75. The summed E-state index contributed by atoms with van der Waals surface area (Å²) >= 11 is 0. The van der Waals surface area contributed by atoms with Gasteiger partial charge in [-0.3, -0.25) is 0 Å². The van der Waals surface area contributed by atoms with E-state index in [2.05, 4.69) is 0 Å². The minimum atomic E-state index is -1.46. The fourth-order valence-corrected chi connectivity index (χ4v) is 1.25. The standard InChI is InChI=1S/C7H14O2/c1-5(2)6(3,4)7(5,8)9/h8-9H,1-4H3. The normalized spacial score (nSPS) is 34.0. The second-order valence-corrected chi connectivity index (χ2v) is 3.92. The second kappa shape index (κ2) is 1.18. The lowest BCUT2D eigenvalue weighted by atomic mass is 10.0. The highest BCUT2D eigenvalue weighted by molar-refractivity contribution is 5.19. The lowest BCUT2D eigenvalue weighted by Gasteiger charge is -2.02. The number of hydrogen-bond donors (Lipinski definition) is 2. The molecule has 1 fully saturated rings. The molecular weight excluding hydrogens is 116 g/mol. The van der Waals surface area contributed by atoms with Crippen LogP contribution in [-0.4, -0.2) is 16.0 Å². The van der Waals surface area contributed by atoms with Crippen molar-refractivity contribution in [3.8, 4) is 0 Å². The summed E-state index contributed by atoms with van der Waals surface area (Å²) in [5.74, 6) is -1.46. The molecule has 0 unspecified atom stereocenters. The van der Waals surface area contributed by atoms with E-state index in [0.29, 0.717) is 0 Å². The quantitative estimate of drug-likeness (QED) is 0.475. The van der Waals surface area contributed by atoms with E-state index in [4.69, 9.17) is 0 Å². The maximum absolute atomic E-state index is 9.24. The van der Waals surface area contributed by atoms with Crippen molar-refractivity contribution in [2.24, 2.45) is 10.8 Å². The van der Waals surface area contributed by atoms with E-state index >= 15 is 0 Å². The lowest BCUT2D eigenvalue weighted by Crippen LogP contribution is -2.15. The van der Waals surface area contributed by atoms with Crippen molar-refractivity contribution in [3.05, 3.63) is 0 Å². The maximum atomic E-state index is 9.24. The van der Waals surface area contributed by atoms with Crippen molar-refractivity contribution in [1.29, 1.82) is 0 Å². The van der Waals surface area contributed by atoms with Gasteiger partial charge in [-0.05, 0) is 0 Å². The molecule has 0 aromatic carbocycles. The predicted octanol–water partition coefficient (Wildman–Crippen LogP) is 0.733. The molecule has 1 aliphatic rings. The Hall–Kier alpha value is -0.0800. The molecule has 0 aromatic rings. The number of aliphatic hydroxyl groups is 2. The molecule has 54 valence electrons. The van der Waals surface area contributed by atoms with Gasteiger partial charge >= 0.3 is 0 Å². The Morgan fingerprint density at radius 2 is 0.889 bits per heavy atom. The van der Waals surface area contributed by atoms with Crippen LogP contribution in [0.4, 0.5) is 0 Å². The molecule has 9 heavy (non-hydrogen) atoms. The van der Waals surface area contributed by atoms with Gasteiger partial charge in [-0.1, -0.05) is 27.7 Å². The number of rotatable bonds is 0. The molecule has 1 rings (SSSR count). The van der Waals surface area contributed by atoms with Crippen LogP contribution >= 0.6 is 0 Å². The Bertz CT molecular complexity index is 104. The average Bonchev–Trinajstić information content (AvgIpc) is 1.84. The first-order valence-electron chi connectivity index (χ1n) is 3.20. The third-order valence-corrected chi connectivity index (χ3v) is 3.24. The van der Waals surface area contributed by atoms with Crippen molar-refractivity contribution in [3.63, 3.8) is 0 Å². The zero-order valence-corrected chi connectivity index (χ0v) is 6.39. The number of hydrogen-bond acceptors (Lipinski definition) is 2. The Morgan fingerprint density at radius 3 is 0.889 bits per heavy atom. The summed E-state index contributed by atoms with van der Waals surface area (Å²) in [4.78, 5) is 0. The fourth-order valence-electron chi connectivity index (χ4n) is 1.25. The molecule has 0 bridgehead atoms. The molecule has 0 saturated heterocycles. The molecule has 2 nitrogen and oxygen atoms in total. The van der Waals surface area contributed by atoms with Gasteiger partial charge < -0.3 is 10.2 Å². The van der Waals surface area contributed by atoms with Gasteiger partial charge in [0.15, 0.2) is 5.79 Å². The van der Waals surface area contributed by atoms with Crippen LogP contribution in [0.3, 0.4) is 0 Å². The first kappa shape index (κ1) is 7.03. The second-order valence-electron chi connectivity index (χ2n) is 3.92. The highest BCUT2D eigenvalue weighted by atomic mass is 16.5. The molecule has 0 atom stereocenters. The van der Waals surface area contributed by atoms with Crippen LogP contribution in [-0.2, 0) is 0 Å². The average molecular weight is 130 g/mol. The molecule has 2 N–H and O–H groups in total. The van der Waals surface area contributed by atoms with E-state index in [1.807, 2.05) is 27.7 Å². The van der Waals surface area contributed by atoms with E-state index in [1.54, 1.807) is 0 Å². The van der Waals surface area contributed by atoms with Gasteiger partial charge in [-0.25, -0.2) is 0 Å². The van der Waals surface area contributed by atoms with E-state index < -0.39 is 5.79 Å². The van der Waals surface area contributed by atoms with Crippen molar-refractivity contribution < 1.29 is 10.2 Å². The molecule has 1 saturated carbocycles. The van der Waals surface area contributed by atoms with E-state index in [9.17, 15) is 10.2 Å². The summed E-state index contributed by atoms with van der Waals surface area (Å²) in [5.41, 5.74) is -0.694. The van der Waals surface area contributed by atoms with Crippen LogP contribution in [0, 0.1) is 10.8 Å². The van der Waals surface area contributed by atoms with Crippen molar-refractivity contribution in [2.45, 2.75) is 33.5 Å². The summed E-state index contributed by atoms with van der Waals surface area (Å²) in [6.45, 7) is 7.42. The zero-order chi connectivity index (χ0) is 7.50. The van der Waals surface area contributed by atoms with Gasteiger partial charge in [0.2, 0.25) is 0 Å². The largest absolute Gasteiger partial charge is 0.365 e. The van der Waals surface area contributed by atoms with E-state index in [0.717, 1.165) is 0 Å². The Morgan fingerprint density at radius 1 is 0.778 bits per heavy atom. The van der Waals surface area contributed by atoms with Gasteiger partial charge in [0.05, 0.1) is 0 Å². The smallest absolute Gasteiger partial charge is 0.174 e. The van der Waals surface area contributed by atoms with Crippen molar-refractivity contribution in [2.75, 3.05) is 0 Å². The predicted molar refractivity (Wildman–Crippen MR) is 34.7 cm³/mol. The molecule has 0 spiro atoms. The van der Waals surface area contributed by atoms with E-state index in [1.165, 1.54) is 0 Å². The Labute approximate surface area is 55.5 Å². The monoisotopic (exact) mass is 130 g/mol. The highest BCUT2D eigenvalue weighted by Crippen LogP contribution is 2.69. The molecule has 0 aromatic heterocycles. The molecule has 0 heterocycles. The summed E-state index contributed by atoms with van der Waals surface area (Å²) in [7, 11) is 0. The molecule has 0 aliphatic heterocycles. The van der Waals surface area contributed by atoms with Gasteiger partial charge in [0, 0.05) is 10.8 Å². The summed E-state index contributed by atoms with van der Waals surface area (Å²) in [5, 5.41) is 18.5. The summed E-state index contributed by atoms with van der Waals surface area (Å²) < 4.78 is 0. The van der Waals surface area contributed by atoms with Gasteiger partial charge in [-0.2, -0.15) is 0 Å². The molecule has 1 aliphatic carbocycles. The third kappa shape index (κ3) is 0.447. The van der Waals surface area contributed by atoms with Crippen molar-refractivity contribution >= 4 is 0 Å². The Kier molecular flexibility index (Phi) is 0.923. The van der Waals surface area contributed by atoms with Crippen LogP contribution in [0.1, 0.15) is 27.7 Å². The van der Waals surface area contributed by atoms with Crippen LogP contribution in [0.5, 0.6) is 0 Å². The highest BCUT2D eigenvalue weighted by Gasteiger charge is 2.77. The van der Waals surface area contributed by atoms with Crippen LogP contribution < -0.4 is 0 Å². The Balaban J connectivity index is 2.91. The molecule has 0 amide bonds. The molecular formula is C7H14O2. The third-order valence-electron chi connectivity index (χ3n) is 3.24. The minimum Gasteiger partial charge on any atom is -0.365 e. The van der Waals surface area contributed by atoms with Crippen LogP contribution in [0.15, 0.2) is 0 Å². The fraction of sp³-hybridized carbons (Fsp3) is 1.00. The van der Waals surface area contributed by atoms with Crippen molar-refractivity contribution in [1.82, 2.24) is 0 Å². The van der Waals surface area contributed by atoms with Crippen LogP contribution in [0.25, 0.3) is 0 Å². The van der Waals surface area contributed by atoms with E-state index in [-0.39, 0.29) is 10.8 Å². The molecule has 0 radical (unpaired) electrons. The minimum absolute atomic E-state index is 0.347. The SMILES string of the molecule is CC1(C)C(C)(C)C1(O)O. The van der Waals surface area contributed by atoms with Gasteiger partial charge in [0.25, 0.3) is 0 Å². The molecule has 2 heteroatoms. The van der Waals surface area contributed by atoms with Crippen LogP contribution in [0.2, 0.25) is 0 Å². The van der Waals surface area contributed by atoms with Gasteiger partial charge in [0.1, 0.15) is 0 Å². The van der Waals surface area contributed by atoms with Gasteiger partial charge in [-0.15, -0.1) is 0 Å². The summed E-state index contributed by atoms with van der Waals surface area (Å²) in [6.07, 6.45) is 0. The first-order valence-corrected chi connectivity index (χ1v) is 3.20. The topological polar surface area (TPSA) is 40.5 Å². The summed E-state index contributed by atoms with van der Waals surface area (Å²) in [6, 6.07) is 0. The zero-order valence-electron chi connectivity index (χ0n) is 6.39. The lowest BCUT2D eigenvalue weighted by molar-refractivity contribution is -0.115.